The van der Waals surface area contributed by atoms with E-state index in [9.17, 15) is 0 Å². The molecule has 2 aromatic rings. The monoisotopic (exact) mass is 368 g/mol. The van der Waals surface area contributed by atoms with E-state index >= 15 is 0 Å². The lowest BCUT2D eigenvalue weighted by Crippen LogP contribution is -2.44. The molecule has 0 amide bonds. The van der Waals surface area contributed by atoms with Gasteiger partial charge in [-0.25, -0.2) is 0 Å². The molecule has 1 aromatic heterocycles. The van der Waals surface area contributed by atoms with Gasteiger partial charge in [0.1, 0.15) is 0 Å². The van der Waals surface area contributed by atoms with Crippen molar-refractivity contribution in [2.24, 2.45) is 4.99 Å². The van der Waals surface area contributed by atoms with Crippen LogP contribution in [0.3, 0.4) is 0 Å². The summed E-state index contributed by atoms with van der Waals surface area (Å²) in [7, 11) is 0. The van der Waals surface area contributed by atoms with E-state index in [-0.39, 0.29) is 0 Å². The fourth-order valence-electron chi connectivity index (χ4n) is 3.61. The predicted octanol–water partition coefficient (Wildman–Crippen LogP) is 2.41. The number of guanidine groups is 1. The highest BCUT2D eigenvalue weighted by molar-refractivity contribution is 5.80. The maximum absolute atomic E-state index is 4.73. The summed E-state index contributed by atoms with van der Waals surface area (Å²) < 4.78 is 1.95. The zero-order valence-electron chi connectivity index (χ0n) is 16.7. The number of rotatable bonds is 7. The molecule has 1 saturated heterocycles. The van der Waals surface area contributed by atoms with Gasteiger partial charge in [0, 0.05) is 37.9 Å². The van der Waals surface area contributed by atoms with E-state index in [1.807, 2.05) is 10.9 Å². The number of benzene rings is 1. The van der Waals surface area contributed by atoms with E-state index in [0.717, 1.165) is 38.6 Å². The van der Waals surface area contributed by atoms with Crippen molar-refractivity contribution in [2.45, 2.75) is 52.4 Å². The van der Waals surface area contributed by atoms with Crippen molar-refractivity contribution in [1.29, 1.82) is 0 Å². The summed E-state index contributed by atoms with van der Waals surface area (Å²) in [6.45, 7) is 10.9. The Labute approximate surface area is 162 Å². The summed E-state index contributed by atoms with van der Waals surface area (Å²) in [5.41, 5.74) is 2.56. The van der Waals surface area contributed by atoms with Gasteiger partial charge in [-0.3, -0.25) is 14.6 Å². The molecule has 0 saturated carbocycles. The van der Waals surface area contributed by atoms with E-state index in [4.69, 9.17) is 4.99 Å². The maximum atomic E-state index is 4.73. The molecule has 1 fully saturated rings. The van der Waals surface area contributed by atoms with Crippen LogP contribution in [0.25, 0.3) is 0 Å². The van der Waals surface area contributed by atoms with Gasteiger partial charge in [0.25, 0.3) is 0 Å². The van der Waals surface area contributed by atoms with Crippen LogP contribution in [0.4, 0.5) is 0 Å². The van der Waals surface area contributed by atoms with Crippen LogP contribution in [0.5, 0.6) is 0 Å². The Bertz CT molecular complexity index is 723. The molecular formula is C21H32N6. The number of hydrogen-bond acceptors (Lipinski definition) is 3. The summed E-state index contributed by atoms with van der Waals surface area (Å²) in [6.07, 6.45) is 5.07. The fraction of sp³-hybridized carbons (Fsp3) is 0.524. The molecule has 2 atom stereocenters. The normalized spacial score (nSPS) is 20.8. The van der Waals surface area contributed by atoms with Gasteiger partial charge in [0.05, 0.1) is 19.3 Å². The van der Waals surface area contributed by atoms with Gasteiger partial charge in [0.2, 0.25) is 0 Å². The summed E-state index contributed by atoms with van der Waals surface area (Å²) in [6, 6.07) is 11.7. The summed E-state index contributed by atoms with van der Waals surface area (Å²) >= 11 is 0. The van der Waals surface area contributed by atoms with Crippen molar-refractivity contribution < 1.29 is 0 Å². The smallest absolute Gasteiger partial charge is 0.191 e. The Kier molecular flexibility index (Phi) is 6.87. The molecule has 3 rings (SSSR count). The van der Waals surface area contributed by atoms with Crippen LogP contribution in [0.1, 0.15) is 31.4 Å². The fourth-order valence-corrected chi connectivity index (χ4v) is 3.61. The summed E-state index contributed by atoms with van der Waals surface area (Å²) in [5, 5.41) is 11.3. The van der Waals surface area contributed by atoms with Crippen molar-refractivity contribution in [2.75, 3.05) is 19.6 Å². The topological polar surface area (TPSA) is 57.5 Å². The lowest BCUT2D eigenvalue weighted by molar-refractivity contribution is 0.258. The Morgan fingerprint density at radius 2 is 2.11 bits per heavy atom. The highest BCUT2D eigenvalue weighted by atomic mass is 15.3. The molecule has 0 aliphatic carbocycles. The number of aromatic nitrogens is 2. The van der Waals surface area contributed by atoms with Gasteiger partial charge < -0.3 is 10.6 Å². The van der Waals surface area contributed by atoms with E-state index in [1.165, 1.54) is 11.1 Å². The lowest BCUT2D eigenvalue weighted by atomic mass is 10.2. The maximum Gasteiger partial charge on any atom is 0.191 e. The minimum absolute atomic E-state index is 0.425. The number of hydrogen-bond donors (Lipinski definition) is 2. The molecule has 2 N–H and O–H groups in total. The van der Waals surface area contributed by atoms with Crippen molar-refractivity contribution in [3.63, 3.8) is 0 Å². The van der Waals surface area contributed by atoms with Crippen LogP contribution in [0.2, 0.25) is 0 Å². The third-order valence-corrected chi connectivity index (χ3v) is 4.98. The van der Waals surface area contributed by atoms with Gasteiger partial charge in [-0.1, -0.05) is 30.3 Å². The van der Waals surface area contributed by atoms with Gasteiger partial charge in [-0.2, -0.15) is 5.10 Å². The number of likely N-dealkylation sites (tertiary alicyclic amines) is 1. The van der Waals surface area contributed by atoms with Crippen LogP contribution in [-0.4, -0.2) is 52.4 Å². The van der Waals surface area contributed by atoms with Gasteiger partial charge in [0.15, 0.2) is 5.96 Å². The molecule has 146 valence electrons. The molecule has 1 aliphatic heterocycles. The van der Waals surface area contributed by atoms with Crippen molar-refractivity contribution in [1.82, 2.24) is 25.3 Å². The average molecular weight is 369 g/mol. The third-order valence-electron chi connectivity index (χ3n) is 4.98. The average Bonchev–Trinajstić information content (AvgIpc) is 3.21. The van der Waals surface area contributed by atoms with Crippen LogP contribution < -0.4 is 10.6 Å². The molecular weight excluding hydrogens is 336 g/mol. The first-order chi connectivity index (χ1) is 13.1. The zero-order chi connectivity index (χ0) is 19.1. The second kappa shape index (κ2) is 9.55. The Hall–Kier alpha value is -2.34. The minimum Gasteiger partial charge on any atom is -0.357 e. The Morgan fingerprint density at radius 1 is 1.30 bits per heavy atom. The van der Waals surface area contributed by atoms with Crippen LogP contribution >= 0.6 is 0 Å². The van der Waals surface area contributed by atoms with Crippen molar-refractivity contribution >= 4 is 5.96 Å². The van der Waals surface area contributed by atoms with Crippen molar-refractivity contribution in [3.8, 4) is 0 Å². The largest absolute Gasteiger partial charge is 0.357 e. The van der Waals surface area contributed by atoms with Crippen LogP contribution in [0, 0.1) is 6.92 Å². The number of aliphatic imine (C=N–C) groups is 1. The van der Waals surface area contributed by atoms with Gasteiger partial charge >= 0.3 is 0 Å². The van der Waals surface area contributed by atoms with Gasteiger partial charge in [-0.15, -0.1) is 0 Å². The second-order valence-corrected chi connectivity index (χ2v) is 7.38. The first-order valence-electron chi connectivity index (χ1n) is 9.96. The quantitative estimate of drug-likeness (QED) is 0.582. The first-order valence-corrected chi connectivity index (χ1v) is 9.96. The third kappa shape index (κ3) is 5.82. The van der Waals surface area contributed by atoms with Crippen molar-refractivity contribution in [3.05, 3.63) is 53.9 Å². The Morgan fingerprint density at radius 3 is 2.81 bits per heavy atom. The molecule has 2 unspecified atom stereocenters. The van der Waals surface area contributed by atoms with E-state index < -0.39 is 0 Å². The molecule has 6 heteroatoms. The van der Waals surface area contributed by atoms with Crippen LogP contribution in [0.15, 0.2) is 47.7 Å². The zero-order valence-corrected chi connectivity index (χ0v) is 16.7. The molecule has 6 nitrogen and oxygen atoms in total. The number of nitrogens with zero attached hydrogens (tertiary/aromatic N) is 4. The van der Waals surface area contributed by atoms with E-state index in [1.54, 1.807) is 0 Å². The second-order valence-electron chi connectivity index (χ2n) is 7.38. The molecule has 0 radical (unpaired) electrons. The van der Waals surface area contributed by atoms with Gasteiger partial charge in [-0.05, 0) is 38.3 Å². The molecule has 1 aromatic carbocycles. The molecule has 0 spiro atoms. The highest BCUT2D eigenvalue weighted by Gasteiger charge is 2.29. The molecule has 2 heterocycles. The molecule has 0 bridgehead atoms. The van der Waals surface area contributed by atoms with E-state index in [2.05, 4.69) is 77.9 Å². The Balaban J connectivity index is 1.52. The van der Waals surface area contributed by atoms with Crippen LogP contribution in [-0.2, 0) is 13.1 Å². The number of aryl methyl sites for hydroxylation is 1. The molecule has 27 heavy (non-hydrogen) atoms. The molecule has 1 aliphatic rings. The minimum atomic E-state index is 0.425. The lowest BCUT2D eigenvalue weighted by Gasteiger charge is -2.21. The SMILES string of the molecule is CCNC(=NCCn1cc(C)cn1)NC1CC(C)N(Cc2ccccc2)C1. The number of nitrogens with one attached hydrogen (secondary N) is 2. The predicted molar refractivity (Wildman–Crippen MR) is 111 cm³/mol. The highest BCUT2D eigenvalue weighted by Crippen LogP contribution is 2.20. The van der Waals surface area contributed by atoms with E-state index in [0.29, 0.717) is 18.6 Å². The summed E-state index contributed by atoms with van der Waals surface area (Å²) in [5.74, 6) is 0.903. The first kappa shape index (κ1) is 19.4. The summed E-state index contributed by atoms with van der Waals surface area (Å²) in [4.78, 5) is 7.28. The standard InChI is InChI=1S/C21H32N6/c1-4-22-21(23-10-11-27-14-17(2)13-24-27)25-20-12-18(3)26(16-20)15-19-8-6-5-7-9-19/h5-9,13-14,18,20H,4,10-12,15-16H2,1-3H3,(H2,22,23,25).